The smallest absolute Gasteiger partial charge is 0.323 e. The van der Waals surface area contributed by atoms with Crippen LogP contribution in [-0.4, -0.2) is 12.3 Å². The van der Waals surface area contributed by atoms with Gasteiger partial charge in [0.1, 0.15) is 0 Å². The van der Waals surface area contributed by atoms with Crippen LogP contribution in [-0.2, 0) is 0 Å². The average molecular weight is 273 g/mol. The second kappa shape index (κ2) is 6.15. The van der Waals surface area contributed by atoms with Crippen LogP contribution >= 0.6 is 11.8 Å². The normalized spacial score (nSPS) is 9.95. The van der Waals surface area contributed by atoms with Gasteiger partial charge in [0.2, 0.25) is 0 Å². The van der Waals surface area contributed by atoms with Gasteiger partial charge in [0.15, 0.2) is 0 Å². The molecule has 2 aromatic rings. The second-order valence-corrected chi connectivity index (χ2v) is 4.81. The van der Waals surface area contributed by atoms with Crippen LogP contribution in [0, 0.1) is 0 Å². The van der Waals surface area contributed by atoms with E-state index in [0.717, 1.165) is 10.6 Å². The number of nitrogen functional groups attached to an aromatic ring is 1. The standard InChI is InChI=1S/C14H15N3OS/c1-19-13-7-5-11(6-8-13)16-14(18)17-12-4-2-3-10(15)9-12/h2-9H,15H2,1H3,(H2,16,17,18). The third-order valence-corrected chi connectivity index (χ3v) is 3.24. The number of rotatable bonds is 3. The summed E-state index contributed by atoms with van der Waals surface area (Å²) < 4.78 is 0. The predicted molar refractivity (Wildman–Crippen MR) is 81.7 cm³/mol. The number of urea groups is 1. The van der Waals surface area contributed by atoms with Gasteiger partial charge in [-0.3, -0.25) is 0 Å². The maximum absolute atomic E-state index is 11.8. The van der Waals surface area contributed by atoms with E-state index in [0.29, 0.717) is 11.4 Å². The molecule has 0 aliphatic heterocycles. The summed E-state index contributed by atoms with van der Waals surface area (Å²) in [5, 5.41) is 5.49. The largest absolute Gasteiger partial charge is 0.399 e. The first-order valence-corrected chi connectivity index (χ1v) is 6.97. The molecule has 2 amide bonds. The fourth-order valence-corrected chi connectivity index (χ4v) is 1.99. The third kappa shape index (κ3) is 3.93. The summed E-state index contributed by atoms with van der Waals surface area (Å²) in [6, 6.07) is 14.4. The van der Waals surface area contributed by atoms with Crippen molar-refractivity contribution in [2.24, 2.45) is 0 Å². The van der Waals surface area contributed by atoms with E-state index in [1.54, 1.807) is 36.0 Å². The van der Waals surface area contributed by atoms with Crippen molar-refractivity contribution in [3.63, 3.8) is 0 Å². The number of anilines is 3. The van der Waals surface area contributed by atoms with Gasteiger partial charge >= 0.3 is 6.03 Å². The number of carbonyl (C=O) groups excluding carboxylic acids is 1. The first-order chi connectivity index (χ1) is 9.17. The number of hydrogen-bond acceptors (Lipinski definition) is 3. The quantitative estimate of drug-likeness (QED) is 0.591. The summed E-state index contributed by atoms with van der Waals surface area (Å²) in [6.07, 6.45) is 2.01. The van der Waals surface area contributed by atoms with E-state index in [9.17, 15) is 4.79 Å². The molecule has 5 heteroatoms. The lowest BCUT2D eigenvalue weighted by molar-refractivity contribution is 0.262. The van der Waals surface area contributed by atoms with Gasteiger partial charge in [0, 0.05) is 22.0 Å². The lowest BCUT2D eigenvalue weighted by Gasteiger charge is -2.08. The fraction of sp³-hybridized carbons (Fsp3) is 0.0714. The lowest BCUT2D eigenvalue weighted by Crippen LogP contribution is -2.19. The maximum atomic E-state index is 11.8. The number of nitrogens with two attached hydrogens (primary N) is 1. The van der Waals surface area contributed by atoms with E-state index in [-0.39, 0.29) is 6.03 Å². The number of carbonyl (C=O) groups is 1. The van der Waals surface area contributed by atoms with Crippen molar-refractivity contribution < 1.29 is 4.79 Å². The molecule has 0 aliphatic carbocycles. The highest BCUT2D eigenvalue weighted by atomic mass is 32.2. The number of nitrogens with one attached hydrogen (secondary N) is 2. The molecule has 0 spiro atoms. The maximum Gasteiger partial charge on any atom is 0.323 e. The molecule has 2 aromatic carbocycles. The lowest BCUT2D eigenvalue weighted by atomic mass is 10.3. The molecule has 0 unspecified atom stereocenters. The Bertz CT molecular complexity index is 569. The fourth-order valence-electron chi connectivity index (χ4n) is 1.58. The summed E-state index contributed by atoms with van der Waals surface area (Å²) >= 11 is 1.66. The Morgan fingerprint density at radius 1 is 1.05 bits per heavy atom. The topological polar surface area (TPSA) is 67.2 Å². The molecule has 0 aromatic heterocycles. The van der Waals surface area contributed by atoms with E-state index in [2.05, 4.69) is 10.6 Å². The van der Waals surface area contributed by atoms with E-state index in [1.165, 1.54) is 0 Å². The number of amides is 2. The minimum atomic E-state index is -0.289. The van der Waals surface area contributed by atoms with Crippen LogP contribution < -0.4 is 16.4 Å². The molecule has 98 valence electrons. The van der Waals surface area contributed by atoms with Crippen LogP contribution in [0.25, 0.3) is 0 Å². The highest BCUT2D eigenvalue weighted by molar-refractivity contribution is 7.98. The van der Waals surface area contributed by atoms with Crippen LogP contribution in [0.5, 0.6) is 0 Å². The van der Waals surface area contributed by atoms with Crippen molar-refractivity contribution in [3.05, 3.63) is 48.5 Å². The highest BCUT2D eigenvalue weighted by Gasteiger charge is 2.02. The molecular weight excluding hydrogens is 258 g/mol. The summed E-state index contributed by atoms with van der Waals surface area (Å²) in [4.78, 5) is 12.9. The summed E-state index contributed by atoms with van der Waals surface area (Å²) in [5.41, 5.74) is 7.67. The van der Waals surface area contributed by atoms with Crippen molar-refractivity contribution >= 4 is 34.9 Å². The van der Waals surface area contributed by atoms with Gasteiger partial charge in [-0.25, -0.2) is 4.79 Å². The Kier molecular flexibility index (Phi) is 4.30. The Labute approximate surface area is 116 Å². The predicted octanol–water partition coefficient (Wildman–Crippen LogP) is 3.63. The molecule has 0 fully saturated rings. The van der Waals surface area contributed by atoms with Crippen LogP contribution in [0.1, 0.15) is 0 Å². The third-order valence-electron chi connectivity index (χ3n) is 2.49. The highest BCUT2D eigenvalue weighted by Crippen LogP contribution is 2.18. The summed E-state index contributed by atoms with van der Waals surface area (Å²) in [6.45, 7) is 0. The molecular formula is C14H15N3OS. The van der Waals surface area contributed by atoms with E-state index >= 15 is 0 Å². The minimum absolute atomic E-state index is 0.289. The van der Waals surface area contributed by atoms with Gasteiger partial charge in [0.25, 0.3) is 0 Å². The van der Waals surface area contributed by atoms with Gasteiger partial charge in [-0.15, -0.1) is 11.8 Å². The molecule has 0 atom stereocenters. The van der Waals surface area contributed by atoms with Crippen molar-refractivity contribution in [3.8, 4) is 0 Å². The molecule has 0 saturated carbocycles. The van der Waals surface area contributed by atoms with Crippen molar-refractivity contribution in [1.29, 1.82) is 0 Å². The molecule has 0 radical (unpaired) electrons. The van der Waals surface area contributed by atoms with Crippen molar-refractivity contribution in [2.45, 2.75) is 4.90 Å². The molecule has 2 rings (SSSR count). The van der Waals surface area contributed by atoms with Crippen molar-refractivity contribution in [2.75, 3.05) is 22.6 Å². The van der Waals surface area contributed by atoms with Crippen LogP contribution in [0.4, 0.5) is 21.9 Å². The molecule has 4 N–H and O–H groups in total. The zero-order valence-corrected chi connectivity index (χ0v) is 11.3. The van der Waals surface area contributed by atoms with Crippen molar-refractivity contribution in [1.82, 2.24) is 0 Å². The summed E-state index contributed by atoms with van der Waals surface area (Å²) in [7, 11) is 0. The Morgan fingerprint density at radius 3 is 2.37 bits per heavy atom. The molecule has 0 heterocycles. The number of benzene rings is 2. The SMILES string of the molecule is CSc1ccc(NC(=O)Nc2cccc(N)c2)cc1. The van der Waals surface area contributed by atoms with E-state index < -0.39 is 0 Å². The van der Waals surface area contributed by atoms with E-state index in [4.69, 9.17) is 5.73 Å². The van der Waals surface area contributed by atoms with Crippen LogP contribution in [0.2, 0.25) is 0 Å². The van der Waals surface area contributed by atoms with Gasteiger partial charge in [-0.1, -0.05) is 6.07 Å². The zero-order valence-electron chi connectivity index (χ0n) is 10.5. The molecule has 0 saturated heterocycles. The Hall–Kier alpha value is -2.14. The minimum Gasteiger partial charge on any atom is -0.399 e. The molecule has 4 nitrogen and oxygen atoms in total. The monoisotopic (exact) mass is 273 g/mol. The molecule has 19 heavy (non-hydrogen) atoms. The Balaban J connectivity index is 1.97. The first-order valence-electron chi connectivity index (χ1n) is 5.75. The zero-order chi connectivity index (χ0) is 13.7. The number of hydrogen-bond donors (Lipinski definition) is 3. The van der Waals surface area contributed by atoms with Gasteiger partial charge in [0.05, 0.1) is 0 Å². The first kappa shape index (κ1) is 13.3. The number of thioether (sulfide) groups is 1. The second-order valence-electron chi connectivity index (χ2n) is 3.93. The molecule has 0 aliphatic rings. The van der Waals surface area contributed by atoms with Gasteiger partial charge in [-0.05, 0) is 48.7 Å². The molecule has 0 bridgehead atoms. The van der Waals surface area contributed by atoms with E-state index in [1.807, 2.05) is 30.5 Å². The van der Waals surface area contributed by atoms with Gasteiger partial charge < -0.3 is 16.4 Å². The van der Waals surface area contributed by atoms with Crippen LogP contribution in [0.15, 0.2) is 53.4 Å². The average Bonchev–Trinajstić information content (AvgIpc) is 2.39. The van der Waals surface area contributed by atoms with Crippen LogP contribution in [0.3, 0.4) is 0 Å². The Morgan fingerprint density at radius 2 is 1.74 bits per heavy atom. The van der Waals surface area contributed by atoms with Gasteiger partial charge in [-0.2, -0.15) is 0 Å². The summed E-state index contributed by atoms with van der Waals surface area (Å²) in [5.74, 6) is 0.